The van der Waals surface area contributed by atoms with Crippen LogP contribution in [-0.2, 0) is 20.8 Å². The van der Waals surface area contributed by atoms with Gasteiger partial charge in [0.15, 0.2) is 15.0 Å². The number of fused-ring (bicyclic) bond motifs is 1. The van der Waals surface area contributed by atoms with Gasteiger partial charge in [-0.1, -0.05) is 37.2 Å². The lowest BCUT2D eigenvalue weighted by Crippen LogP contribution is -2.38. The number of rotatable bonds is 3. The van der Waals surface area contributed by atoms with Gasteiger partial charge in [-0.05, 0) is 24.1 Å². The molecule has 2 saturated heterocycles. The molecule has 3 rings (SSSR count). The average molecular weight is 455 g/mol. The molecular formula is C17H18ClF3N2O3S2. The number of nitrogens with zero attached hydrogens (tertiary/aromatic N) is 2. The molecule has 0 saturated carbocycles. The van der Waals surface area contributed by atoms with Gasteiger partial charge in [-0.15, -0.1) is 0 Å². The zero-order valence-corrected chi connectivity index (χ0v) is 17.4. The third-order valence-electron chi connectivity index (χ3n) is 4.40. The van der Waals surface area contributed by atoms with Gasteiger partial charge in [0.25, 0.3) is 0 Å². The number of sulfone groups is 1. The van der Waals surface area contributed by atoms with Gasteiger partial charge in [0.2, 0.25) is 5.91 Å². The molecule has 0 bridgehead atoms. The highest BCUT2D eigenvalue weighted by Gasteiger charge is 2.49. The summed E-state index contributed by atoms with van der Waals surface area (Å²) in [5.41, 5.74) is -0.904. The van der Waals surface area contributed by atoms with Crippen molar-refractivity contribution in [2.75, 3.05) is 16.4 Å². The van der Waals surface area contributed by atoms with E-state index in [-0.39, 0.29) is 39.9 Å². The van der Waals surface area contributed by atoms with Crippen molar-refractivity contribution < 1.29 is 26.4 Å². The highest BCUT2D eigenvalue weighted by Crippen LogP contribution is 2.43. The van der Waals surface area contributed by atoms with Gasteiger partial charge in [-0.2, -0.15) is 18.2 Å². The maximum absolute atomic E-state index is 13.3. The molecule has 11 heteroatoms. The number of hydrogen-bond acceptors (Lipinski definition) is 4. The van der Waals surface area contributed by atoms with Crippen molar-refractivity contribution in [2.45, 2.75) is 37.7 Å². The molecule has 2 fully saturated rings. The number of hydrogen-bond donors (Lipinski definition) is 0. The molecule has 2 atom stereocenters. The summed E-state index contributed by atoms with van der Waals surface area (Å²) < 4.78 is 63.9. The minimum Gasteiger partial charge on any atom is -0.316 e. The maximum atomic E-state index is 13.3. The Morgan fingerprint density at radius 3 is 2.64 bits per heavy atom. The van der Waals surface area contributed by atoms with Crippen LogP contribution in [0.25, 0.3) is 0 Å². The first-order valence-electron chi connectivity index (χ1n) is 8.52. The van der Waals surface area contributed by atoms with Crippen LogP contribution >= 0.6 is 23.4 Å². The van der Waals surface area contributed by atoms with Crippen LogP contribution in [0.5, 0.6) is 0 Å². The molecule has 1 aromatic rings. The third-order valence-corrected chi connectivity index (χ3v) is 7.94. The summed E-state index contributed by atoms with van der Waals surface area (Å²) in [4.78, 5) is 17.7. The summed E-state index contributed by atoms with van der Waals surface area (Å²) in [7, 11) is -3.31. The van der Waals surface area contributed by atoms with E-state index in [0.717, 1.165) is 23.9 Å². The van der Waals surface area contributed by atoms with Crippen LogP contribution < -0.4 is 4.90 Å². The summed E-state index contributed by atoms with van der Waals surface area (Å²) in [6, 6.07) is 2.80. The monoisotopic (exact) mass is 454 g/mol. The number of amidine groups is 1. The number of alkyl halides is 3. The van der Waals surface area contributed by atoms with Gasteiger partial charge >= 0.3 is 6.18 Å². The van der Waals surface area contributed by atoms with Crippen molar-refractivity contribution in [2.24, 2.45) is 10.9 Å². The van der Waals surface area contributed by atoms with E-state index in [1.165, 1.54) is 11.0 Å². The zero-order valence-electron chi connectivity index (χ0n) is 15.0. The minimum absolute atomic E-state index is 0.0731. The highest BCUT2D eigenvalue weighted by molar-refractivity contribution is 8.16. The zero-order chi connectivity index (χ0) is 20.9. The fourth-order valence-electron chi connectivity index (χ4n) is 3.25. The molecule has 2 aliphatic heterocycles. The van der Waals surface area contributed by atoms with Crippen molar-refractivity contribution in [1.82, 2.24) is 0 Å². The van der Waals surface area contributed by atoms with E-state index < -0.39 is 38.5 Å². The highest BCUT2D eigenvalue weighted by atomic mass is 35.5. The molecule has 2 heterocycles. The van der Waals surface area contributed by atoms with Gasteiger partial charge in [-0.3, -0.25) is 4.79 Å². The Bertz CT molecular complexity index is 932. The van der Waals surface area contributed by atoms with Crippen LogP contribution in [0.1, 0.15) is 25.8 Å². The standard InChI is InChI=1S/C17H18ClF3N2O3S2/c1-9(2)5-15(24)22-16-23(13-7-28(25,26)8-14(13)27-16)10-3-4-12(18)11(6-10)17(19,20)21/h3-4,6,9,13-14H,5,7-8H2,1-2H3/t13-,14+/m1/s1. The largest absolute Gasteiger partial charge is 0.417 e. The normalized spacial score (nSPS) is 25.5. The van der Waals surface area contributed by atoms with E-state index in [2.05, 4.69) is 4.99 Å². The molecule has 0 spiro atoms. The van der Waals surface area contributed by atoms with Gasteiger partial charge in [0.1, 0.15) is 0 Å². The van der Waals surface area contributed by atoms with E-state index in [9.17, 15) is 26.4 Å². The van der Waals surface area contributed by atoms with Crippen molar-refractivity contribution >= 4 is 50.0 Å². The molecule has 5 nitrogen and oxygen atoms in total. The molecule has 0 unspecified atom stereocenters. The first-order valence-corrected chi connectivity index (χ1v) is 11.6. The smallest absolute Gasteiger partial charge is 0.316 e. The fraction of sp³-hybridized carbons (Fsp3) is 0.529. The number of halogens is 4. The van der Waals surface area contributed by atoms with Gasteiger partial charge in [0, 0.05) is 17.4 Å². The molecule has 28 heavy (non-hydrogen) atoms. The molecule has 0 aliphatic carbocycles. The molecule has 154 valence electrons. The Balaban J connectivity index is 2.05. The number of carbonyl (C=O) groups excluding carboxylic acids is 1. The second-order valence-electron chi connectivity index (χ2n) is 7.22. The van der Waals surface area contributed by atoms with Crippen molar-refractivity contribution in [3.63, 3.8) is 0 Å². The summed E-state index contributed by atoms with van der Waals surface area (Å²) >= 11 is 6.82. The van der Waals surface area contributed by atoms with Gasteiger partial charge in [0.05, 0.1) is 28.1 Å². The number of thioether (sulfide) groups is 1. The SMILES string of the molecule is CC(C)CC(=O)N=C1S[C@H]2CS(=O)(=O)C[C@H]2N1c1ccc(Cl)c(C(F)(F)F)c1. The Morgan fingerprint density at radius 1 is 1.36 bits per heavy atom. The van der Waals surface area contributed by atoms with Crippen LogP contribution in [-0.4, -0.2) is 42.3 Å². The lowest BCUT2D eigenvalue weighted by Gasteiger charge is -2.25. The number of aliphatic imine (C=N–C) groups is 1. The summed E-state index contributed by atoms with van der Waals surface area (Å²) in [5, 5.41) is -0.611. The third kappa shape index (κ3) is 4.49. The van der Waals surface area contributed by atoms with E-state index >= 15 is 0 Å². The summed E-state index contributed by atoms with van der Waals surface area (Å²) in [5.74, 6) is -0.624. The van der Waals surface area contributed by atoms with E-state index in [4.69, 9.17) is 11.6 Å². The predicted octanol–water partition coefficient (Wildman–Crippen LogP) is 4.01. The van der Waals surface area contributed by atoms with Crippen LogP contribution in [0.2, 0.25) is 5.02 Å². The van der Waals surface area contributed by atoms with Crippen molar-refractivity contribution in [3.05, 3.63) is 28.8 Å². The summed E-state index contributed by atoms with van der Waals surface area (Å²) in [6.45, 7) is 3.71. The fourth-order valence-corrected chi connectivity index (χ4v) is 7.40. The molecule has 1 aromatic carbocycles. The number of amides is 1. The molecule has 2 aliphatic rings. The van der Waals surface area contributed by atoms with Crippen LogP contribution in [0.15, 0.2) is 23.2 Å². The average Bonchev–Trinajstić information content (AvgIpc) is 2.97. The van der Waals surface area contributed by atoms with E-state index in [1.54, 1.807) is 0 Å². The number of benzene rings is 1. The number of anilines is 1. The predicted molar refractivity (Wildman–Crippen MR) is 105 cm³/mol. The topological polar surface area (TPSA) is 66.8 Å². The van der Waals surface area contributed by atoms with Crippen LogP contribution in [0.4, 0.5) is 18.9 Å². The quantitative estimate of drug-likeness (QED) is 0.690. The van der Waals surface area contributed by atoms with Crippen LogP contribution in [0.3, 0.4) is 0 Å². The van der Waals surface area contributed by atoms with E-state index in [0.29, 0.717) is 0 Å². The lowest BCUT2D eigenvalue weighted by atomic mass is 10.1. The lowest BCUT2D eigenvalue weighted by molar-refractivity contribution is -0.137. The Morgan fingerprint density at radius 2 is 2.04 bits per heavy atom. The van der Waals surface area contributed by atoms with Crippen molar-refractivity contribution in [1.29, 1.82) is 0 Å². The van der Waals surface area contributed by atoms with Crippen molar-refractivity contribution in [3.8, 4) is 0 Å². The minimum atomic E-state index is -4.66. The Kier molecular flexibility index (Phi) is 5.77. The van der Waals surface area contributed by atoms with Gasteiger partial charge in [-0.25, -0.2) is 8.42 Å². The second kappa shape index (κ2) is 7.53. The number of carbonyl (C=O) groups is 1. The first kappa shape index (κ1) is 21.4. The van der Waals surface area contributed by atoms with Crippen LogP contribution in [0, 0.1) is 5.92 Å². The molecular weight excluding hydrogens is 437 g/mol. The second-order valence-corrected chi connectivity index (χ2v) is 11.0. The molecule has 0 N–H and O–H groups in total. The van der Waals surface area contributed by atoms with Gasteiger partial charge < -0.3 is 4.90 Å². The molecule has 0 radical (unpaired) electrons. The Hall–Kier alpha value is -1.26. The summed E-state index contributed by atoms with van der Waals surface area (Å²) in [6.07, 6.45) is -4.47. The molecule has 1 amide bonds. The maximum Gasteiger partial charge on any atom is 0.417 e. The molecule has 0 aromatic heterocycles. The van der Waals surface area contributed by atoms with E-state index in [1.807, 2.05) is 13.8 Å². The Labute approximate surface area is 170 Å². The first-order chi connectivity index (χ1) is 12.9.